The highest BCUT2D eigenvalue weighted by Gasteiger charge is 2.11. The van der Waals surface area contributed by atoms with E-state index in [9.17, 15) is 10.1 Å². The number of nitro benzene ring substituents is 1. The van der Waals surface area contributed by atoms with E-state index >= 15 is 0 Å². The molecule has 1 heterocycles. The number of non-ortho nitro benzene ring substituents is 1. The van der Waals surface area contributed by atoms with E-state index in [2.05, 4.69) is 15.4 Å². The van der Waals surface area contributed by atoms with Gasteiger partial charge < -0.3 is 4.74 Å². The van der Waals surface area contributed by atoms with Crippen LogP contribution in [-0.4, -0.2) is 32.2 Å². The van der Waals surface area contributed by atoms with Crippen LogP contribution in [0.2, 0.25) is 0 Å². The fraction of sp³-hybridized carbons (Fsp3) is 0.133. The molecule has 8 nitrogen and oxygen atoms in total. The summed E-state index contributed by atoms with van der Waals surface area (Å²) >= 11 is 0. The van der Waals surface area contributed by atoms with Crippen molar-refractivity contribution >= 4 is 5.69 Å². The van der Waals surface area contributed by atoms with Crippen molar-refractivity contribution in [3.05, 3.63) is 64.2 Å². The fourth-order valence-electron chi connectivity index (χ4n) is 2.12. The van der Waals surface area contributed by atoms with E-state index in [4.69, 9.17) is 4.74 Å². The second kappa shape index (κ2) is 6.22. The first kappa shape index (κ1) is 14.6. The van der Waals surface area contributed by atoms with E-state index < -0.39 is 4.92 Å². The van der Waals surface area contributed by atoms with Crippen LogP contribution in [0.25, 0.3) is 11.4 Å². The van der Waals surface area contributed by atoms with Crippen molar-refractivity contribution in [1.82, 2.24) is 20.2 Å². The van der Waals surface area contributed by atoms with Gasteiger partial charge in [-0.3, -0.25) is 10.1 Å². The Kier molecular flexibility index (Phi) is 3.96. The van der Waals surface area contributed by atoms with Crippen LogP contribution in [-0.2, 0) is 6.54 Å². The average molecular weight is 311 g/mol. The monoisotopic (exact) mass is 311 g/mol. The molecule has 1 aromatic heterocycles. The quantitative estimate of drug-likeness (QED) is 0.530. The van der Waals surface area contributed by atoms with Crippen molar-refractivity contribution in [3.63, 3.8) is 0 Å². The second-order valence-electron chi connectivity index (χ2n) is 4.80. The molecule has 0 fully saturated rings. The van der Waals surface area contributed by atoms with E-state index in [-0.39, 0.29) is 5.69 Å². The van der Waals surface area contributed by atoms with E-state index in [1.807, 2.05) is 24.3 Å². The Morgan fingerprint density at radius 1 is 1.22 bits per heavy atom. The minimum absolute atomic E-state index is 0.00774. The van der Waals surface area contributed by atoms with Crippen molar-refractivity contribution in [2.24, 2.45) is 0 Å². The number of methoxy groups -OCH3 is 1. The number of rotatable bonds is 5. The highest BCUT2D eigenvalue weighted by Crippen LogP contribution is 2.20. The zero-order valence-corrected chi connectivity index (χ0v) is 12.3. The number of hydrogen-bond donors (Lipinski definition) is 0. The van der Waals surface area contributed by atoms with Gasteiger partial charge in [0.05, 0.1) is 18.6 Å². The molecule has 0 aliphatic heterocycles. The average Bonchev–Trinajstić information content (AvgIpc) is 3.03. The summed E-state index contributed by atoms with van der Waals surface area (Å²) in [6.07, 6.45) is 0. The third-order valence-corrected chi connectivity index (χ3v) is 3.23. The van der Waals surface area contributed by atoms with Gasteiger partial charge in [0.2, 0.25) is 5.82 Å². The number of hydrogen-bond acceptors (Lipinski definition) is 6. The fourth-order valence-corrected chi connectivity index (χ4v) is 2.12. The Hall–Kier alpha value is -3.29. The van der Waals surface area contributed by atoms with Crippen molar-refractivity contribution in [1.29, 1.82) is 0 Å². The molecule has 0 radical (unpaired) electrons. The summed E-state index contributed by atoms with van der Waals surface area (Å²) in [7, 11) is 1.60. The first-order valence-corrected chi connectivity index (χ1v) is 6.81. The summed E-state index contributed by atoms with van der Waals surface area (Å²) < 4.78 is 5.17. The third kappa shape index (κ3) is 3.31. The van der Waals surface area contributed by atoms with Crippen LogP contribution in [0.1, 0.15) is 5.56 Å². The molecule has 3 rings (SSSR count). The largest absolute Gasteiger partial charge is 0.497 e. The highest BCUT2D eigenvalue weighted by atomic mass is 16.6. The van der Waals surface area contributed by atoms with E-state index in [1.54, 1.807) is 19.2 Å². The van der Waals surface area contributed by atoms with Crippen LogP contribution >= 0.6 is 0 Å². The first-order valence-electron chi connectivity index (χ1n) is 6.81. The molecule has 0 bridgehead atoms. The Balaban J connectivity index is 1.83. The lowest BCUT2D eigenvalue weighted by Crippen LogP contribution is -2.04. The Bertz CT molecular complexity index is 846. The van der Waals surface area contributed by atoms with Crippen LogP contribution in [0.3, 0.4) is 0 Å². The van der Waals surface area contributed by atoms with Gasteiger partial charge >= 0.3 is 0 Å². The minimum Gasteiger partial charge on any atom is -0.497 e. The molecule has 0 N–H and O–H groups in total. The normalized spacial score (nSPS) is 10.5. The molecule has 0 aliphatic carbocycles. The summed E-state index contributed by atoms with van der Waals surface area (Å²) in [5, 5.41) is 23.0. The molecule has 0 aliphatic rings. The van der Waals surface area contributed by atoms with Crippen molar-refractivity contribution < 1.29 is 9.66 Å². The number of aromatic nitrogens is 4. The standard InChI is InChI=1S/C15H13N5O3/c1-23-14-7-2-4-11(8-14)10-19-17-15(16-18-19)12-5-3-6-13(9-12)20(21)22/h2-9H,10H2,1H3. The third-order valence-electron chi connectivity index (χ3n) is 3.23. The molecule has 23 heavy (non-hydrogen) atoms. The molecule has 2 aromatic carbocycles. The molecule has 0 unspecified atom stereocenters. The zero-order chi connectivity index (χ0) is 16.2. The van der Waals surface area contributed by atoms with Gasteiger partial charge in [-0.25, -0.2) is 0 Å². The molecule has 3 aromatic rings. The molecule has 0 saturated carbocycles. The van der Waals surface area contributed by atoms with E-state index in [0.717, 1.165) is 11.3 Å². The number of benzene rings is 2. The van der Waals surface area contributed by atoms with Crippen molar-refractivity contribution in [2.45, 2.75) is 6.54 Å². The lowest BCUT2D eigenvalue weighted by molar-refractivity contribution is -0.384. The van der Waals surface area contributed by atoms with Crippen LogP contribution in [0, 0.1) is 10.1 Å². The Morgan fingerprint density at radius 2 is 2.04 bits per heavy atom. The van der Waals surface area contributed by atoms with Gasteiger partial charge in [-0.2, -0.15) is 4.80 Å². The first-order chi connectivity index (χ1) is 11.2. The van der Waals surface area contributed by atoms with Gasteiger partial charge in [0.25, 0.3) is 5.69 Å². The zero-order valence-electron chi connectivity index (χ0n) is 12.3. The maximum atomic E-state index is 10.8. The molecule has 8 heteroatoms. The topological polar surface area (TPSA) is 96.0 Å². The summed E-state index contributed by atoms with van der Waals surface area (Å²) in [6, 6.07) is 13.7. The summed E-state index contributed by atoms with van der Waals surface area (Å²) in [5.74, 6) is 1.10. The number of ether oxygens (including phenoxy) is 1. The summed E-state index contributed by atoms with van der Waals surface area (Å²) in [4.78, 5) is 11.8. The van der Waals surface area contributed by atoms with Crippen LogP contribution in [0.15, 0.2) is 48.5 Å². The van der Waals surface area contributed by atoms with Crippen LogP contribution in [0.5, 0.6) is 5.75 Å². The van der Waals surface area contributed by atoms with Gasteiger partial charge in [-0.05, 0) is 22.9 Å². The molecule has 0 atom stereocenters. The molecule has 0 saturated heterocycles. The predicted octanol–water partition coefficient (Wildman–Crippen LogP) is 2.31. The van der Waals surface area contributed by atoms with Crippen LogP contribution in [0.4, 0.5) is 5.69 Å². The lowest BCUT2D eigenvalue weighted by Gasteiger charge is -2.03. The van der Waals surface area contributed by atoms with E-state index in [0.29, 0.717) is 17.9 Å². The second-order valence-corrected chi connectivity index (χ2v) is 4.80. The van der Waals surface area contributed by atoms with Gasteiger partial charge in [0.1, 0.15) is 5.75 Å². The summed E-state index contributed by atoms with van der Waals surface area (Å²) in [5.41, 5.74) is 1.51. The van der Waals surface area contributed by atoms with Gasteiger partial charge in [-0.15, -0.1) is 10.2 Å². The number of nitrogens with zero attached hydrogens (tertiary/aromatic N) is 5. The number of tetrazole rings is 1. The maximum Gasteiger partial charge on any atom is 0.270 e. The molecular weight excluding hydrogens is 298 g/mol. The van der Waals surface area contributed by atoms with Crippen molar-refractivity contribution in [2.75, 3.05) is 7.11 Å². The molecular formula is C15H13N5O3. The maximum absolute atomic E-state index is 10.8. The van der Waals surface area contributed by atoms with Crippen LogP contribution < -0.4 is 4.74 Å². The SMILES string of the molecule is COc1cccc(Cn2nnc(-c3cccc([N+](=O)[O-])c3)n2)c1. The smallest absolute Gasteiger partial charge is 0.270 e. The Morgan fingerprint density at radius 3 is 2.83 bits per heavy atom. The highest BCUT2D eigenvalue weighted by molar-refractivity contribution is 5.58. The number of nitro groups is 1. The summed E-state index contributed by atoms with van der Waals surface area (Å²) in [6.45, 7) is 0.430. The molecule has 0 spiro atoms. The molecule has 116 valence electrons. The predicted molar refractivity (Wildman–Crippen MR) is 82.0 cm³/mol. The van der Waals surface area contributed by atoms with Crippen molar-refractivity contribution in [3.8, 4) is 17.1 Å². The lowest BCUT2D eigenvalue weighted by atomic mass is 10.2. The molecule has 0 amide bonds. The minimum atomic E-state index is -0.454. The van der Waals surface area contributed by atoms with Gasteiger partial charge in [0, 0.05) is 17.7 Å². The van der Waals surface area contributed by atoms with Gasteiger partial charge in [0.15, 0.2) is 0 Å². The Labute approximate surface area is 131 Å². The van der Waals surface area contributed by atoms with E-state index in [1.165, 1.54) is 16.9 Å². The van der Waals surface area contributed by atoms with Gasteiger partial charge in [-0.1, -0.05) is 24.3 Å².